The Hall–Kier alpha value is -0.690. The van der Waals surface area contributed by atoms with Crippen molar-refractivity contribution in [3.8, 4) is 5.75 Å². The Labute approximate surface area is 132 Å². The molecule has 3 nitrogen and oxygen atoms in total. The topological polar surface area (TPSA) is 35.5 Å². The van der Waals surface area contributed by atoms with Crippen molar-refractivity contribution < 1.29 is 18.3 Å². The quantitative estimate of drug-likeness (QED) is 0.882. The molecule has 1 fully saturated rings. The van der Waals surface area contributed by atoms with E-state index in [0.717, 1.165) is 0 Å². The molecule has 1 aliphatic heterocycles. The fraction of sp³-hybridized carbons (Fsp3) is 0.538. The third-order valence-corrected chi connectivity index (χ3v) is 3.70. The summed E-state index contributed by atoms with van der Waals surface area (Å²) in [6.45, 7) is 2.28. The number of halogens is 5. The van der Waals surface area contributed by atoms with Crippen LogP contribution in [0.15, 0.2) is 18.2 Å². The molecule has 0 radical (unpaired) electrons. The van der Waals surface area contributed by atoms with Gasteiger partial charge in [0.05, 0.1) is 11.4 Å². The van der Waals surface area contributed by atoms with Gasteiger partial charge in [0.1, 0.15) is 5.75 Å². The predicted octanol–water partition coefficient (Wildman–Crippen LogP) is 3.37. The SMILES string of the molecule is Cl.Oc1c(Cl)cccc1[C@H](CC(F)(F)F)N1CCNCC1. The lowest BCUT2D eigenvalue weighted by Gasteiger charge is -2.36. The zero-order valence-corrected chi connectivity index (χ0v) is 12.7. The Bertz CT molecular complexity index is 465. The van der Waals surface area contributed by atoms with Crippen LogP contribution in [0.2, 0.25) is 5.02 Å². The van der Waals surface area contributed by atoms with Crippen molar-refractivity contribution in [1.29, 1.82) is 0 Å². The molecule has 0 spiro atoms. The van der Waals surface area contributed by atoms with Gasteiger partial charge in [0, 0.05) is 37.8 Å². The zero-order valence-electron chi connectivity index (χ0n) is 11.2. The number of hydrogen-bond acceptors (Lipinski definition) is 3. The van der Waals surface area contributed by atoms with Crippen LogP contribution in [0.1, 0.15) is 18.0 Å². The Morgan fingerprint density at radius 3 is 2.48 bits per heavy atom. The van der Waals surface area contributed by atoms with E-state index >= 15 is 0 Å². The first-order chi connectivity index (χ1) is 9.38. The number of benzene rings is 1. The maximum Gasteiger partial charge on any atom is 0.390 e. The minimum absolute atomic E-state index is 0. The molecule has 0 unspecified atom stereocenters. The molecule has 0 bridgehead atoms. The molecule has 1 saturated heterocycles. The van der Waals surface area contributed by atoms with Gasteiger partial charge in [-0.15, -0.1) is 12.4 Å². The average molecular weight is 345 g/mol. The summed E-state index contributed by atoms with van der Waals surface area (Å²) in [5.41, 5.74) is 0.233. The van der Waals surface area contributed by atoms with Gasteiger partial charge in [0.15, 0.2) is 0 Å². The highest BCUT2D eigenvalue weighted by atomic mass is 35.5. The molecule has 0 aliphatic carbocycles. The summed E-state index contributed by atoms with van der Waals surface area (Å²) in [5.74, 6) is -0.262. The molecule has 21 heavy (non-hydrogen) atoms. The van der Waals surface area contributed by atoms with Gasteiger partial charge >= 0.3 is 6.18 Å². The number of piperazine rings is 1. The molecule has 1 aromatic carbocycles. The van der Waals surface area contributed by atoms with Crippen molar-refractivity contribution in [1.82, 2.24) is 10.2 Å². The van der Waals surface area contributed by atoms with Gasteiger partial charge < -0.3 is 10.4 Å². The van der Waals surface area contributed by atoms with Crippen molar-refractivity contribution in [2.75, 3.05) is 26.2 Å². The van der Waals surface area contributed by atoms with Crippen LogP contribution < -0.4 is 5.32 Å². The van der Waals surface area contributed by atoms with E-state index in [9.17, 15) is 18.3 Å². The summed E-state index contributed by atoms with van der Waals surface area (Å²) < 4.78 is 38.5. The molecule has 120 valence electrons. The Balaban J connectivity index is 0.00000220. The lowest BCUT2D eigenvalue weighted by molar-refractivity contribution is -0.148. The van der Waals surface area contributed by atoms with Gasteiger partial charge in [-0.2, -0.15) is 13.2 Å². The number of phenolic OH excluding ortho intramolecular Hbond substituents is 1. The summed E-state index contributed by atoms with van der Waals surface area (Å²) in [7, 11) is 0. The molecule has 1 heterocycles. The van der Waals surface area contributed by atoms with Crippen LogP contribution >= 0.6 is 24.0 Å². The highest BCUT2D eigenvalue weighted by molar-refractivity contribution is 6.32. The Kier molecular flexibility index (Phi) is 6.59. The smallest absolute Gasteiger partial charge is 0.390 e. The van der Waals surface area contributed by atoms with Gasteiger partial charge in [-0.05, 0) is 6.07 Å². The van der Waals surface area contributed by atoms with Crippen molar-refractivity contribution in [3.05, 3.63) is 28.8 Å². The van der Waals surface area contributed by atoms with E-state index in [0.29, 0.717) is 26.2 Å². The summed E-state index contributed by atoms with van der Waals surface area (Å²) in [6.07, 6.45) is -5.30. The van der Waals surface area contributed by atoms with Crippen molar-refractivity contribution in [2.24, 2.45) is 0 Å². The monoisotopic (exact) mass is 344 g/mol. The van der Waals surface area contributed by atoms with E-state index in [4.69, 9.17) is 11.6 Å². The molecule has 0 aromatic heterocycles. The minimum Gasteiger partial charge on any atom is -0.506 e. The molecule has 8 heteroatoms. The second-order valence-electron chi connectivity index (χ2n) is 4.80. The van der Waals surface area contributed by atoms with Gasteiger partial charge in [0.2, 0.25) is 0 Å². The summed E-state index contributed by atoms with van der Waals surface area (Å²) in [5, 5.41) is 13.1. The number of rotatable bonds is 3. The normalized spacial score (nSPS) is 18.1. The van der Waals surface area contributed by atoms with E-state index in [1.807, 2.05) is 0 Å². The van der Waals surface area contributed by atoms with E-state index in [-0.39, 0.29) is 28.7 Å². The Morgan fingerprint density at radius 1 is 1.29 bits per heavy atom. The molecule has 1 aliphatic rings. The van der Waals surface area contributed by atoms with Crippen LogP contribution in [0, 0.1) is 0 Å². The molecular formula is C13H17Cl2F3N2O. The number of alkyl halides is 3. The predicted molar refractivity (Wildman–Crippen MR) is 78.2 cm³/mol. The first kappa shape index (κ1) is 18.4. The highest BCUT2D eigenvalue weighted by Crippen LogP contribution is 2.40. The van der Waals surface area contributed by atoms with Crippen LogP contribution in [0.4, 0.5) is 13.2 Å². The van der Waals surface area contributed by atoms with Gasteiger partial charge in [0.25, 0.3) is 0 Å². The first-order valence-corrected chi connectivity index (χ1v) is 6.75. The minimum atomic E-state index is -4.30. The van der Waals surface area contributed by atoms with E-state index in [1.165, 1.54) is 12.1 Å². The fourth-order valence-electron chi connectivity index (χ4n) is 2.45. The summed E-state index contributed by atoms with van der Waals surface area (Å²) in [4.78, 5) is 1.73. The van der Waals surface area contributed by atoms with Gasteiger partial charge in [-0.25, -0.2) is 0 Å². The molecular weight excluding hydrogens is 328 g/mol. The second-order valence-corrected chi connectivity index (χ2v) is 5.21. The average Bonchev–Trinajstić information content (AvgIpc) is 2.40. The zero-order chi connectivity index (χ0) is 14.8. The lowest BCUT2D eigenvalue weighted by Crippen LogP contribution is -2.46. The number of aromatic hydroxyl groups is 1. The maximum absolute atomic E-state index is 12.8. The largest absolute Gasteiger partial charge is 0.506 e. The Morgan fingerprint density at radius 2 is 1.90 bits per heavy atom. The third-order valence-electron chi connectivity index (χ3n) is 3.39. The summed E-state index contributed by atoms with van der Waals surface area (Å²) >= 11 is 5.81. The molecule has 0 saturated carbocycles. The highest BCUT2D eigenvalue weighted by Gasteiger charge is 2.37. The number of nitrogens with one attached hydrogen (secondary N) is 1. The van der Waals surface area contributed by atoms with Crippen molar-refractivity contribution in [2.45, 2.75) is 18.6 Å². The number of nitrogens with zero attached hydrogens (tertiary/aromatic N) is 1. The third kappa shape index (κ3) is 4.92. The molecule has 2 N–H and O–H groups in total. The maximum atomic E-state index is 12.8. The van der Waals surface area contributed by atoms with Crippen LogP contribution in [-0.2, 0) is 0 Å². The van der Waals surface area contributed by atoms with Gasteiger partial charge in [-0.3, -0.25) is 4.90 Å². The molecule has 2 rings (SSSR count). The van der Waals surface area contributed by atoms with Crippen LogP contribution in [0.25, 0.3) is 0 Å². The van der Waals surface area contributed by atoms with E-state index < -0.39 is 18.6 Å². The number of hydrogen-bond donors (Lipinski definition) is 2. The molecule has 1 aromatic rings. The van der Waals surface area contributed by atoms with Crippen LogP contribution in [0.5, 0.6) is 5.75 Å². The van der Waals surface area contributed by atoms with Crippen LogP contribution in [-0.4, -0.2) is 42.4 Å². The molecule has 0 amide bonds. The number of para-hydroxylation sites is 1. The lowest BCUT2D eigenvalue weighted by atomic mass is 9.99. The molecule has 1 atom stereocenters. The standard InChI is InChI=1S/C13H16ClF3N2O.ClH/c14-10-3-1-2-9(12(10)20)11(8-13(15,16)17)19-6-4-18-5-7-19;/h1-3,11,18,20H,4-8H2;1H/t11-;/m0./s1. The summed E-state index contributed by atoms with van der Waals surface area (Å²) in [6, 6.07) is 3.61. The first-order valence-electron chi connectivity index (χ1n) is 6.37. The second kappa shape index (κ2) is 7.54. The number of phenols is 1. The van der Waals surface area contributed by atoms with Crippen molar-refractivity contribution >= 4 is 24.0 Å². The van der Waals surface area contributed by atoms with E-state index in [2.05, 4.69) is 5.32 Å². The van der Waals surface area contributed by atoms with Crippen LogP contribution in [0.3, 0.4) is 0 Å². The van der Waals surface area contributed by atoms with Gasteiger partial charge in [-0.1, -0.05) is 23.7 Å². The fourth-order valence-corrected chi connectivity index (χ4v) is 2.63. The van der Waals surface area contributed by atoms with Crippen molar-refractivity contribution in [3.63, 3.8) is 0 Å². The van der Waals surface area contributed by atoms with E-state index in [1.54, 1.807) is 11.0 Å².